The van der Waals surface area contributed by atoms with E-state index in [0.717, 1.165) is 6.20 Å². The van der Waals surface area contributed by atoms with E-state index < -0.39 is 17.7 Å². The molecule has 0 aromatic heterocycles. The first kappa shape index (κ1) is 15.0. The van der Waals surface area contributed by atoms with Crippen molar-refractivity contribution in [3.8, 4) is 0 Å². The van der Waals surface area contributed by atoms with E-state index in [1.54, 1.807) is 26.0 Å². The van der Waals surface area contributed by atoms with Gasteiger partial charge in [0.2, 0.25) is 0 Å². The molecular weight excluding hydrogens is 277 g/mol. The number of hydrogen-bond donors (Lipinski definition) is 1. The third-order valence-corrected chi connectivity index (χ3v) is 3.07. The number of rotatable bonds is 2. The van der Waals surface area contributed by atoms with Crippen molar-refractivity contribution in [3.63, 3.8) is 0 Å². The molecule has 0 unspecified atom stereocenters. The van der Waals surface area contributed by atoms with Crippen molar-refractivity contribution in [1.29, 1.82) is 0 Å². The van der Waals surface area contributed by atoms with Crippen molar-refractivity contribution in [2.45, 2.75) is 33.5 Å². The van der Waals surface area contributed by atoms with Gasteiger partial charge in [0.1, 0.15) is 5.82 Å². The Kier molecular flexibility index (Phi) is 3.72. The van der Waals surface area contributed by atoms with Gasteiger partial charge in [-0.05, 0) is 25.5 Å². The zero-order chi connectivity index (χ0) is 15.8. The Morgan fingerprint density at radius 2 is 1.71 bits per heavy atom. The predicted molar refractivity (Wildman–Crippen MR) is 73.8 cm³/mol. The van der Waals surface area contributed by atoms with Crippen molar-refractivity contribution in [3.05, 3.63) is 40.8 Å². The Morgan fingerprint density at radius 1 is 1.14 bits per heavy atom. The summed E-state index contributed by atoms with van der Waals surface area (Å²) < 4.78 is 23.7. The molecule has 6 heteroatoms. The predicted octanol–water partition coefficient (Wildman–Crippen LogP) is 2.57. The Hall–Kier alpha value is -2.37. The van der Waals surface area contributed by atoms with Gasteiger partial charge in [-0.3, -0.25) is 0 Å². The maximum absolute atomic E-state index is 13.8. The van der Waals surface area contributed by atoms with Gasteiger partial charge in [0.15, 0.2) is 5.57 Å². The molecule has 0 radical (unpaired) electrons. The number of carbonyl (C=O) groups is 2. The molecule has 1 N–H and O–H groups in total. The molecule has 0 aliphatic carbocycles. The monoisotopic (exact) mass is 293 g/mol. The van der Waals surface area contributed by atoms with Crippen LogP contribution < -0.4 is 5.32 Å². The average molecular weight is 293 g/mol. The van der Waals surface area contributed by atoms with Gasteiger partial charge in [-0.25, -0.2) is 14.0 Å². The lowest BCUT2D eigenvalue weighted by molar-refractivity contribution is -0.222. The molecule has 1 aromatic rings. The molecule has 0 bridgehead atoms. The molecule has 1 heterocycles. The summed E-state index contributed by atoms with van der Waals surface area (Å²) in [4.78, 5) is 23.5. The lowest BCUT2D eigenvalue weighted by atomic mass is 10.1. The highest BCUT2D eigenvalue weighted by Crippen LogP contribution is 2.24. The number of halogens is 1. The van der Waals surface area contributed by atoms with Crippen molar-refractivity contribution in [2.24, 2.45) is 0 Å². The van der Waals surface area contributed by atoms with Gasteiger partial charge in [-0.1, -0.05) is 6.07 Å². The van der Waals surface area contributed by atoms with Crippen LogP contribution in [0.1, 0.15) is 25.0 Å². The third kappa shape index (κ3) is 3.04. The second kappa shape index (κ2) is 5.20. The molecule has 5 nitrogen and oxygen atoms in total. The molecule has 21 heavy (non-hydrogen) atoms. The summed E-state index contributed by atoms with van der Waals surface area (Å²) in [6, 6.07) is 3.26. The number of anilines is 1. The van der Waals surface area contributed by atoms with Gasteiger partial charge in [-0.2, -0.15) is 0 Å². The van der Waals surface area contributed by atoms with Crippen LogP contribution in [0.15, 0.2) is 23.9 Å². The molecule has 1 aliphatic rings. The van der Waals surface area contributed by atoms with Crippen LogP contribution in [0.25, 0.3) is 0 Å². The van der Waals surface area contributed by atoms with Gasteiger partial charge in [0.05, 0.1) is 0 Å². The van der Waals surface area contributed by atoms with Gasteiger partial charge in [0.25, 0.3) is 5.79 Å². The molecule has 1 aromatic carbocycles. The quantitative estimate of drug-likeness (QED) is 0.516. The van der Waals surface area contributed by atoms with E-state index >= 15 is 0 Å². The first-order valence-corrected chi connectivity index (χ1v) is 6.40. The number of hydrogen-bond acceptors (Lipinski definition) is 5. The molecule has 1 fully saturated rings. The fourth-order valence-corrected chi connectivity index (χ4v) is 1.91. The van der Waals surface area contributed by atoms with Crippen molar-refractivity contribution in [2.75, 3.05) is 5.32 Å². The Bertz CT molecular complexity index is 627. The maximum atomic E-state index is 13.8. The first-order valence-electron chi connectivity index (χ1n) is 6.40. The number of nitrogens with one attached hydrogen (secondary N) is 1. The lowest BCUT2D eigenvalue weighted by Gasteiger charge is -2.29. The standard InChI is InChI=1S/C15H16FNO4/c1-8-5-6-11(9(2)12(8)16)17-7-10-13(18)20-15(3,4)21-14(10)19/h5-7,17H,1-4H3. The van der Waals surface area contributed by atoms with Crippen molar-refractivity contribution >= 4 is 17.6 Å². The van der Waals surface area contributed by atoms with Crippen LogP contribution in [-0.2, 0) is 19.1 Å². The molecule has 2 rings (SSSR count). The summed E-state index contributed by atoms with van der Waals surface area (Å²) in [5.41, 5.74) is 1.10. The maximum Gasteiger partial charge on any atom is 0.350 e. The van der Waals surface area contributed by atoms with Crippen molar-refractivity contribution < 1.29 is 23.5 Å². The van der Waals surface area contributed by atoms with E-state index in [0.29, 0.717) is 16.8 Å². The number of aryl methyl sites for hydroxylation is 1. The van der Waals surface area contributed by atoms with E-state index in [4.69, 9.17) is 9.47 Å². The minimum Gasteiger partial charge on any atom is -0.419 e. The fourth-order valence-electron chi connectivity index (χ4n) is 1.91. The Balaban J connectivity index is 2.24. The smallest absolute Gasteiger partial charge is 0.350 e. The van der Waals surface area contributed by atoms with Crippen LogP contribution in [0.2, 0.25) is 0 Å². The molecule has 0 spiro atoms. The molecule has 0 amide bonds. The molecule has 0 atom stereocenters. The van der Waals surface area contributed by atoms with Gasteiger partial charge < -0.3 is 14.8 Å². The van der Waals surface area contributed by atoms with E-state index in [9.17, 15) is 14.0 Å². The summed E-state index contributed by atoms with van der Waals surface area (Å²) in [7, 11) is 0. The van der Waals surface area contributed by atoms with Crippen LogP contribution in [0.4, 0.5) is 10.1 Å². The van der Waals surface area contributed by atoms with Crippen molar-refractivity contribution in [1.82, 2.24) is 0 Å². The molecular formula is C15H16FNO4. The highest BCUT2D eigenvalue weighted by Gasteiger charge is 2.38. The number of benzene rings is 1. The molecule has 1 aliphatic heterocycles. The van der Waals surface area contributed by atoms with Crippen LogP contribution in [-0.4, -0.2) is 17.7 Å². The number of esters is 2. The van der Waals surface area contributed by atoms with Crippen LogP contribution >= 0.6 is 0 Å². The second-order valence-corrected chi connectivity index (χ2v) is 5.25. The van der Waals surface area contributed by atoms with E-state index in [-0.39, 0.29) is 11.4 Å². The van der Waals surface area contributed by atoms with E-state index in [1.165, 1.54) is 13.8 Å². The van der Waals surface area contributed by atoms with Gasteiger partial charge in [-0.15, -0.1) is 0 Å². The largest absolute Gasteiger partial charge is 0.419 e. The summed E-state index contributed by atoms with van der Waals surface area (Å²) in [5.74, 6) is -3.19. The zero-order valence-electron chi connectivity index (χ0n) is 12.2. The molecule has 1 saturated heterocycles. The number of ether oxygens (including phenoxy) is 2. The summed E-state index contributed by atoms with van der Waals surface area (Å²) in [6.45, 7) is 6.19. The molecule has 112 valence electrons. The summed E-state index contributed by atoms with van der Waals surface area (Å²) >= 11 is 0. The third-order valence-electron chi connectivity index (χ3n) is 3.07. The normalized spacial score (nSPS) is 17.1. The van der Waals surface area contributed by atoms with Crippen LogP contribution in [0, 0.1) is 19.7 Å². The topological polar surface area (TPSA) is 64.6 Å². The Morgan fingerprint density at radius 3 is 2.29 bits per heavy atom. The number of cyclic esters (lactones) is 2. The zero-order valence-corrected chi connectivity index (χ0v) is 12.2. The van der Waals surface area contributed by atoms with Gasteiger partial charge in [0, 0.05) is 31.3 Å². The minimum absolute atomic E-state index is 0.269. The van der Waals surface area contributed by atoms with E-state index in [1.807, 2.05) is 0 Å². The number of carbonyl (C=O) groups excluding carboxylic acids is 2. The summed E-state index contributed by atoms with van der Waals surface area (Å²) in [5, 5.41) is 2.74. The lowest BCUT2D eigenvalue weighted by Crippen LogP contribution is -2.42. The van der Waals surface area contributed by atoms with E-state index in [2.05, 4.69) is 5.32 Å². The highest BCUT2D eigenvalue weighted by molar-refractivity contribution is 6.15. The summed E-state index contributed by atoms with van der Waals surface area (Å²) in [6.07, 6.45) is 1.16. The van der Waals surface area contributed by atoms with Crippen LogP contribution in [0.5, 0.6) is 0 Å². The first-order chi connectivity index (χ1) is 9.71. The minimum atomic E-state index is -1.28. The van der Waals surface area contributed by atoms with Crippen LogP contribution in [0.3, 0.4) is 0 Å². The Labute approximate surface area is 121 Å². The SMILES string of the molecule is Cc1ccc(NC=C2C(=O)OC(C)(C)OC2=O)c(C)c1F. The fraction of sp³-hybridized carbons (Fsp3) is 0.333. The second-order valence-electron chi connectivity index (χ2n) is 5.25. The molecule has 0 saturated carbocycles. The highest BCUT2D eigenvalue weighted by atomic mass is 19.1. The van der Waals surface area contributed by atoms with Gasteiger partial charge >= 0.3 is 11.9 Å². The average Bonchev–Trinajstić information content (AvgIpc) is 2.36.